The van der Waals surface area contributed by atoms with E-state index in [1.807, 2.05) is 25.1 Å². The molecule has 0 radical (unpaired) electrons. The Labute approximate surface area is 145 Å². The van der Waals surface area contributed by atoms with Crippen LogP contribution < -0.4 is 5.32 Å². The Bertz CT molecular complexity index is 644. The molecular formula is C17H18ClNOS2. The van der Waals surface area contributed by atoms with E-state index in [-0.39, 0.29) is 5.91 Å². The largest absolute Gasteiger partial charge is 0.324 e. The highest BCUT2D eigenvalue weighted by Crippen LogP contribution is 2.23. The quantitative estimate of drug-likeness (QED) is 0.721. The fourth-order valence-corrected chi connectivity index (χ4v) is 3.37. The van der Waals surface area contributed by atoms with Gasteiger partial charge in [0.15, 0.2) is 0 Å². The van der Waals surface area contributed by atoms with Gasteiger partial charge in [-0.05, 0) is 48.6 Å². The highest BCUT2D eigenvalue weighted by molar-refractivity contribution is 7.99. The van der Waals surface area contributed by atoms with Crippen LogP contribution in [0.15, 0.2) is 47.4 Å². The van der Waals surface area contributed by atoms with Crippen molar-refractivity contribution in [3.05, 3.63) is 58.6 Å². The maximum absolute atomic E-state index is 11.9. The number of thioether (sulfide) groups is 2. The predicted octanol–water partition coefficient (Wildman–Crippen LogP) is 5.24. The number of halogens is 1. The number of benzene rings is 2. The fourth-order valence-electron chi connectivity index (χ4n) is 1.89. The highest BCUT2D eigenvalue weighted by atomic mass is 35.5. The van der Waals surface area contributed by atoms with Crippen molar-refractivity contribution in [2.75, 3.05) is 17.3 Å². The summed E-state index contributed by atoms with van der Waals surface area (Å²) in [5.41, 5.74) is 2.97. The number of anilines is 1. The minimum atomic E-state index is -0.0310. The molecule has 5 heteroatoms. The third-order valence-electron chi connectivity index (χ3n) is 3.06. The molecule has 0 aromatic heterocycles. The second-order valence-electron chi connectivity index (χ2n) is 4.87. The monoisotopic (exact) mass is 351 g/mol. The lowest BCUT2D eigenvalue weighted by Gasteiger charge is -2.08. The van der Waals surface area contributed by atoms with E-state index in [2.05, 4.69) is 35.8 Å². The zero-order chi connectivity index (χ0) is 15.9. The van der Waals surface area contributed by atoms with Gasteiger partial charge in [-0.15, -0.1) is 23.5 Å². The molecule has 0 saturated carbocycles. The molecule has 0 bridgehead atoms. The lowest BCUT2D eigenvalue weighted by Crippen LogP contribution is -2.14. The van der Waals surface area contributed by atoms with Crippen LogP contribution in [0.2, 0.25) is 5.02 Å². The number of carbonyl (C=O) groups excluding carboxylic acids is 1. The van der Waals surface area contributed by atoms with Gasteiger partial charge in [-0.2, -0.15) is 0 Å². The van der Waals surface area contributed by atoms with Gasteiger partial charge in [-0.3, -0.25) is 4.79 Å². The summed E-state index contributed by atoms with van der Waals surface area (Å²) in [5, 5.41) is 3.42. The Morgan fingerprint density at radius 3 is 2.55 bits per heavy atom. The third-order valence-corrected chi connectivity index (χ3v) is 5.12. The number of aryl methyl sites for hydroxylation is 1. The van der Waals surface area contributed by atoms with E-state index in [9.17, 15) is 4.79 Å². The molecule has 2 nitrogen and oxygen atoms in total. The van der Waals surface area contributed by atoms with Crippen LogP contribution >= 0.6 is 35.1 Å². The second-order valence-corrected chi connectivity index (χ2v) is 7.14. The molecule has 0 fully saturated rings. The van der Waals surface area contributed by atoms with E-state index in [1.165, 1.54) is 10.5 Å². The second kappa shape index (κ2) is 8.51. The molecule has 1 amide bonds. The maximum Gasteiger partial charge on any atom is 0.234 e. The molecule has 116 valence electrons. The molecule has 0 aliphatic heterocycles. The molecule has 0 aliphatic carbocycles. The first-order valence-corrected chi connectivity index (χ1v) is 9.61. The summed E-state index contributed by atoms with van der Waals surface area (Å²) in [4.78, 5) is 13.2. The SMILES string of the molecule is CSc1ccc(CSCC(=O)Nc2ccc(C)cc2Cl)cc1. The van der Waals surface area contributed by atoms with Crippen molar-refractivity contribution in [3.63, 3.8) is 0 Å². The minimum absolute atomic E-state index is 0.0310. The number of carbonyl (C=O) groups is 1. The Morgan fingerprint density at radius 1 is 1.18 bits per heavy atom. The predicted molar refractivity (Wildman–Crippen MR) is 99.2 cm³/mol. The summed E-state index contributed by atoms with van der Waals surface area (Å²) < 4.78 is 0. The first-order valence-electron chi connectivity index (χ1n) is 6.85. The van der Waals surface area contributed by atoms with Gasteiger partial charge in [-0.1, -0.05) is 29.8 Å². The Hall–Kier alpha value is -1.10. The Morgan fingerprint density at radius 2 is 1.91 bits per heavy atom. The minimum Gasteiger partial charge on any atom is -0.324 e. The van der Waals surface area contributed by atoms with Crippen LogP contribution in [0, 0.1) is 6.92 Å². The number of rotatable bonds is 6. The van der Waals surface area contributed by atoms with E-state index in [0.717, 1.165) is 11.3 Å². The van der Waals surface area contributed by atoms with E-state index >= 15 is 0 Å². The molecule has 1 N–H and O–H groups in total. The van der Waals surface area contributed by atoms with Crippen molar-refractivity contribution in [3.8, 4) is 0 Å². The average molecular weight is 352 g/mol. The van der Waals surface area contributed by atoms with E-state index in [4.69, 9.17) is 11.6 Å². The average Bonchev–Trinajstić information content (AvgIpc) is 2.51. The summed E-state index contributed by atoms with van der Waals surface area (Å²) >= 11 is 9.43. The molecule has 0 heterocycles. The summed E-state index contributed by atoms with van der Waals surface area (Å²) in [6.45, 7) is 1.97. The number of hydrogen-bond acceptors (Lipinski definition) is 3. The van der Waals surface area contributed by atoms with Crippen molar-refractivity contribution in [1.82, 2.24) is 0 Å². The zero-order valence-corrected chi connectivity index (χ0v) is 14.9. The van der Waals surface area contributed by atoms with Gasteiger partial charge in [0.05, 0.1) is 16.5 Å². The fraction of sp³-hybridized carbons (Fsp3) is 0.235. The normalized spacial score (nSPS) is 10.5. The standard InChI is InChI=1S/C17H18ClNOS2/c1-12-3-8-16(15(18)9-12)19-17(20)11-22-10-13-4-6-14(21-2)7-5-13/h3-9H,10-11H2,1-2H3,(H,19,20). The smallest absolute Gasteiger partial charge is 0.234 e. The molecule has 2 aromatic carbocycles. The van der Waals surface area contributed by atoms with Gasteiger partial charge in [0.1, 0.15) is 0 Å². The molecule has 2 aromatic rings. The Balaban J connectivity index is 1.79. The first kappa shape index (κ1) is 17.3. The summed E-state index contributed by atoms with van der Waals surface area (Å²) in [5.74, 6) is 1.20. The van der Waals surface area contributed by atoms with E-state index < -0.39 is 0 Å². The summed E-state index contributed by atoms with van der Waals surface area (Å²) in [7, 11) is 0. The van der Waals surface area contributed by atoms with Crippen LogP contribution in [-0.4, -0.2) is 17.9 Å². The molecule has 2 rings (SSSR count). The van der Waals surface area contributed by atoms with Gasteiger partial charge in [0, 0.05) is 10.6 Å². The molecule has 22 heavy (non-hydrogen) atoms. The van der Waals surface area contributed by atoms with Crippen LogP contribution in [0.5, 0.6) is 0 Å². The molecule has 0 atom stereocenters. The molecule has 0 spiro atoms. The Kier molecular flexibility index (Phi) is 6.68. The van der Waals surface area contributed by atoms with E-state index in [1.54, 1.807) is 23.5 Å². The maximum atomic E-state index is 11.9. The van der Waals surface area contributed by atoms with Gasteiger partial charge in [0.2, 0.25) is 5.91 Å². The zero-order valence-electron chi connectivity index (χ0n) is 12.6. The van der Waals surface area contributed by atoms with Crippen molar-refractivity contribution in [2.45, 2.75) is 17.6 Å². The van der Waals surface area contributed by atoms with Crippen LogP contribution in [0.3, 0.4) is 0 Å². The van der Waals surface area contributed by atoms with Crippen LogP contribution in [0.25, 0.3) is 0 Å². The lowest BCUT2D eigenvalue weighted by molar-refractivity contribution is -0.113. The van der Waals surface area contributed by atoms with Crippen molar-refractivity contribution in [2.24, 2.45) is 0 Å². The molecular weight excluding hydrogens is 334 g/mol. The third kappa shape index (κ3) is 5.27. The number of hydrogen-bond donors (Lipinski definition) is 1. The van der Waals surface area contributed by atoms with E-state index in [0.29, 0.717) is 16.5 Å². The molecule has 0 unspecified atom stereocenters. The van der Waals surface area contributed by atoms with Crippen LogP contribution in [0.1, 0.15) is 11.1 Å². The van der Waals surface area contributed by atoms with Crippen molar-refractivity contribution in [1.29, 1.82) is 0 Å². The highest BCUT2D eigenvalue weighted by Gasteiger charge is 2.06. The van der Waals surface area contributed by atoms with Crippen LogP contribution in [0.4, 0.5) is 5.69 Å². The van der Waals surface area contributed by atoms with Gasteiger partial charge in [-0.25, -0.2) is 0 Å². The van der Waals surface area contributed by atoms with Gasteiger partial charge in [0.25, 0.3) is 0 Å². The van der Waals surface area contributed by atoms with Crippen molar-refractivity contribution >= 4 is 46.7 Å². The summed E-state index contributed by atoms with van der Waals surface area (Å²) in [6, 6.07) is 14.0. The summed E-state index contributed by atoms with van der Waals surface area (Å²) in [6.07, 6.45) is 2.06. The number of nitrogens with one attached hydrogen (secondary N) is 1. The van der Waals surface area contributed by atoms with Crippen molar-refractivity contribution < 1.29 is 4.79 Å². The lowest BCUT2D eigenvalue weighted by atomic mass is 10.2. The topological polar surface area (TPSA) is 29.1 Å². The van der Waals surface area contributed by atoms with Crippen LogP contribution in [-0.2, 0) is 10.5 Å². The van der Waals surface area contributed by atoms with Gasteiger partial charge >= 0.3 is 0 Å². The number of amides is 1. The molecule has 0 saturated heterocycles. The van der Waals surface area contributed by atoms with Gasteiger partial charge < -0.3 is 5.32 Å². The first-order chi connectivity index (χ1) is 10.6. The molecule has 0 aliphatic rings.